The summed E-state index contributed by atoms with van der Waals surface area (Å²) in [5, 5.41) is 9.20. The van der Waals surface area contributed by atoms with Crippen LogP contribution in [-0.2, 0) is 11.2 Å². The molecule has 0 fully saturated rings. The Morgan fingerprint density at radius 2 is 2.35 bits per heavy atom. The van der Waals surface area contributed by atoms with Gasteiger partial charge < -0.3 is 15.4 Å². The molecule has 106 valence electrons. The van der Waals surface area contributed by atoms with Crippen molar-refractivity contribution in [3.8, 4) is 5.69 Å². The number of hydrogen-bond acceptors (Lipinski definition) is 4. The van der Waals surface area contributed by atoms with E-state index in [1.807, 2.05) is 22.9 Å². The van der Waals surface area contributed by atoms with Crippen molar-refractivity contribution in [2.75, 3.05) is 6.54 Å². The number of carbonyl (C=O) groups is 1. The zero-order valence-corrected chi connectivity index (χ0v) is 11.1. The molecule has 1 atom stereocenters. The summed E-state index contributed by atoms with van der Waals surface area (Å²) >= 11 is 0. The number of rotatable bonds is 7. The number of aliphatic carboxylic acids is 1. The van der Waals surface area contributed by atoms with E-state index in [4.69, 9.17) is 5.73 Å². The molecule has 2 aromatic rings. The Hall–Kier alpha value is -2.21. The molecule has 0 amide bonds. The van der Waals surface area contributed by atoms with Crippen LogP contribution in [-0.4, -0.2) is 32.2 Å². The van der Waals surface area contributed by atoms with Crippen LogP contribution in [0.2, 0.25) is 0 Å². The van der Waals surface area contributed by atoms with Gasteiger partial charge in [0.1, 0.15) is 0 Å². The Morgan fingerprint density at radius 1 is 1.50 bits per heavy atom. The van der Waals surface area contributed by atoms with E-state index in [0.29, 0.717) is 25.8 Å². The molecule has 0 aliphatic heterocycles. The lowest BCUT2D eigenvalue weighted by Gasteiger charge is -2.09. The molecule has 0 radical (unpaired) electrons. The first-order valence-electron chi connectivity index (χ1n) is 6.57. The maximum absolute atomic E-state index is 11.2. The summed E-state index contributed by atoms with van der Waals surface area (Å²) in [5.41, 5.74) is 7.10. The zero-order chi connectivity index (χ0) is 14.4. The Balaban J connectivity index is 2.06. The number of nitrogens with two attached hydrogens (primary N) is 1. The molecular formula is C14H18N4O2. The number of nitrogens with zero attached hydrogens (tertiary/aromatic N) is 3. The van der Waals surface area contributed by atoms with Crippen molar-refractivity contribution in [1.82, 2.24) is 14.5 Å². The van der Waals surface area contributed by atoms with Crippen LogP contribution in [0.25, 0.3) is 5.69 Å². The predicted octanol–water partition coefficient (Wildman–Crippen LogP) is 1.25. The number of imidazole rings is 1. The normalized spacial score (nSPS) is 12.2. The SMILES string of the molecule is NCCCC(Cc1cn(-c2cccnc2)cn1)C(=O)O. The number of carboxylic acid groups (broad SMARTS) is 1. The van der Waals surface area contributed by atoms with Crippen molar-refractivity contribution in [2.45, 2.75) is 19.3 Å². The topological polar surface area (TPSA) is 94.0 Å². The van der Waals surface area contributed by atoms with Crippen molar-refractivity contribution in [1.29, 1.82) is 0 Å². The van der Waals surface area contributed by atoms with Crippen LogP contribution in [0.15, 0.2) is 37.1 Å². The number of pyridine rings is 1. The second kappa shape index (κ2) is 6.81. The molecule has 0 aliphatic rings. The summed E-state index contributed by atoms with van der Waals surface area (Å²) in [6.07, 6.45) is 8.65. The first kappa shape index (κ1) is 14.2. The van der Waals surface area contributed by atoms with E-state index in [-0.39, 0.29) is 0 Å². The Morgan fingerprint density at radius 3 is 3.00 bits per heavy atom. The minimum atomic E-state index is -0.797. The summed E-state index contributed by atoms with van der Waals surface area (Å²) in [4.78, 5) is 19.5. The fourth-order valence-electron chi connectivity index (χ4n) is 2.05. The average molecular weight is 274 g/mol. The van der Waals surface area contributed by atoms with Crippen molar-refractivity contribution < 1.29 is 9.90 Å². The zero-order valence-electron chi connectivity index (χ0n) is 11.1. The van der Waals surface area contributed by atoms with Gasteiger partial charge in [0.05, 0.1) is 29.8 Å². The molecule has 6 nitrogen and oxygen atoms in total. The summed E-state index contributed by atoms with van der Waals surface area (Å²) in [7, 11) is 0. The molecular weight excluding hydrogens is 256 g/mol. The lowest BCUT2D eigenvalue weighted by Crippen LogP contribution is -2.18. The molecule has 2 aromatic heterocycles. The molecule has 1 unspecified atom stereocenters. The first-order valence-corrected chi connectivity index (χ1v) is 6.57. The van der Waals surface area contributed by atoms with E-state index in [2.05, 4.69) is 9.97 Å². The fourth-order valence-corrected chi connectivity index (χ4v) is 2.05. The molecule has 2 heterocycles. The summed E-state index contributed by atoms with van der Waals surface area (Å²) < 4.78 is 1.84. The van der Waals surface area contributed by atoms with Gasteiger partial charge >= 0.3 is 5.97 Å². The lowest BCUT2D eigenvalue weighted by molar-refractivity contribution is -0.142. The molecule has 0 aromatic carbocycles. The Labute approximate surface area is 117 Å². The van der Waals surface area contributed by atoms with Crippen molar-refractivity contribution in [2.24, 2.45) is 11.7 Å². The minimum absolute atomic E-state index is 0.419. The lowest BCUT2D eigenvalue weighted by atomic mass is 9.98. The maximum Gasteiger partial charge on any atom is 0.306 e. The van der Waals surface area contributed by atoms with Crippen LogP contribution in [0.5, 0.6) is 0 Å². The van der Waals surface area contributed by atoms with Gasteiger partial charge in [-0.1, -0.05) is 0 Å². The third kappa shape index (κ3) is 3.64. The third-order valence-corrected chi connectivity index (χ3v) is 3.14. The van der Waals surface area contributed by atoms with E-state index in [9.17, 15) is 9.90 Å². The standard InChI is InChI=1S/C14H18N4O2/c15-5-1-3-11(14(19)20)7-12-9-18(10-17-12)13-4-2-6-16-8-13/h2,4,6,8-11H,1,3,5,7,15H2,(H,19,20). The van der Waals surface area contributed by atoms with Gasteiger partial charge in [0, 0.05) is 18.8 Å². The molecule has 0 saturated heterocycles. The first-order chi connectivity index (χ1) is 9.70. The molecule has 3 N–H and O–H groups in total. The highest BCUT2D eigenvalue weighted by Gasteiger charge is 2.18. The second-order valence-corrected chi connectivity index (χ2v) is 4.65. The molecule has 2 rings (SSSR count). The highest BCUT2D eigenvalue weighted by Crippen LogP contribution is 2.15. The predicted molar refractivity (Wildman–Crippen MR) is 74.5 cm³/mol. The fraction of sp³-hybridized carbons (Fsp3) is 0.357. The van der Waals surface area contributed by atoms with Crippen molar-refractivity contribution in [3.63, 3.8) is 0 Å². The second-order valence-electron chi connectivity index (χ2n) is 4.65. The summed E-state index contributed by atoms with van der Waals surface area (Å²) in [6, 6.07) is 3.76. The molecule has 20 heavy (non-hydrogen) atoms. The van der Waals surface area contributed by atoms with Crippen molar-refractivity contribution >= 4 is 5.97 Å². The monoisotopic (exact) mass is 274 g/mol. The molecule has 0 bridgehead atoms. The van der Waals surface area contributed by atoms with Crippen LogP contribution in [0, 0.1) is 5.92 Å². The van der Waals surface area contributed by atoms with Crippen LogP contribution >= 0.6 is 0 Å². The van der Waals surface area contributed by atoms with Gasteiger partial charge in [-0.2, -0.15) is 0 Å². The summed E-state index contributed by atoms with van der Waals surface area (Å²) in [6.45, 7) is 0.508. The van der Waals surface area contributed by atoms with E-state index < -0.39 is 11.9 Å². The van der Waals surface area contributed by atoms with Gasteiger partial charge in [-0.05, 0) is 31.5 Å². The third-order valence-electron chi connectivity index (χ3n) is 3.14. The van der Waals surface area contributed by atoms with Gasteiger partial charge in [-0.3, -0.25) is 9.78 Å². The van der Waals surface area contributed by atoms with E-state index in [0.717, 1.165) is 11.4 Å². The Bertz CT molecular complexity index is 553. The highest BCUT2D eigenvalue weighted by atomic mass is 16.4. The van der Waals surface area contributed by atoms with Gasteiger partial charge in [0.25, 0.3) is 0 Å². The van der Waals surface area contributed by atoms with Gasteiger partial charge in [-0.15, -0.1) is 0 Å². The minimum Gasteiger partial charge on any atom is -0.481 e. The van der Waals surface area contributed by atoms with Crippen LogP contribution in [0.1, 0.15) is 18.5 Å². The molecule has 0 saturated carbocycles. The smallest absolute Gasteiger partial charge is 0.306 e. The maximum atomic E-state index is 11.2. The number of carboxylic acids is 1. The van der Waals surface area contributed by atoms with Crippen molar-refractivity contribution in [3.05, 3.63) is 42.7 Å². The highest BCUT2D eigenvalue weighted by molar-refractivity contribution is 5.70. The van der Waals surface area contributed by atoms with E-state index in [1.165, 1.54) is 0 Å². The van der Waals surface area contributed by atoms with Crippen LogP contribution in [0.4, 0.5) is 0 Å². The van der Waals surface area contributed by atoms with Crippen LogP contribution in [0.3, 0.4) is 0 Å². The number of hydrogen-bond donors (Lipinski definition) is 2. The molecule has 6 heteroatoms. The summed E-state index contributed by atoms with van der Waals surface area (Å²) in [5.74, 6) is -1.23. The van der Waals surface area contributed by atoms with E-state index >= 15 is 0 Å². The van der Waals surface area contributed by atoms with Gasteiger partial charge in [-0.25, -0.2) is 4.98 Å². The molecule has 0 aliphatic carbocycles. The van der Waals surface area contributed by atoms with E-state index in [1.54, 1.807) is 18.7 Å². The Kier molecular flexibility index (Phi) is 4.84. The average Bonchev–Trinajstić information content (AvgIpc) is 2.92. The number of aromatic nitrogens is 3. The quantitative estimate of drug-likeness (QED) is 0.792. The molecule has 0 spiro atoms. The van der Waals surface area contributed by atoms with Gasteiger partial charge in [0.2, 0.25) is 0 Å². The van der Waals surface area contributed by atoms with Crippen LogP contribution < -0.4 is 5.73 Å². The largest absolute Gasteiger partial charge is 0.481 e. The van der Waals surface area contributed by atoms with Gasteiger partial charge in [0.15, 0.2) is 0 Å².